The van der Waals surface area contributed by atoms with Crippen molar-refractivity contribution >= 4 is 63.2 Å². The van der Waals surface area contributed by atoms with E-state index in [-0.39, 0.29) is 18.1 Å². The van der Waals surface area contributed by atoms with E-state index < -0.39 is 11.9 Å². The fraction of sp³-hybridized carbons (Fsp3) is 0.0588. The average Bonchev–Trinajstić information content (AvgIpc) is 2.85. The first-order chi connectivity index (χ1) is 11.9. The van der Waals surface area contributed by atoms with Gasteiger partial charge < -0.3 is 10.1 Å². The predicted octanol–water partition coefficient (Wildman–Crippen LogP) is 3.79. The molecule has 1 aliphatic heterocycles. The first-order valence-corrected chi connectivity index (χ1v) is 9.29. The van der Waals surface area contributed by atoms with Gasteiger partial charge in [-0.3, -0.25) is 10.1 Å². The van der Waals surface area contributed by atoms with Gasteiger partial charge in [0.05, 0.1) is 7.14 Å². The number of benzene rings is 2. The summed E-state index contributed by atoms with van der Waals surface area (Å²) in [6.45, 7) is 0.123. The molecule has 3 amide bonds. The molecule has 0 aliphatic carbocycles. The number of imide groups is 1. The molecule has 2 aromatic rings. The van der Waals surface area contributed by atoms with Gasteiger partial charge in [-0.25, -0.2) is 9.18 Å². The summed E-state index contributed by atoms with van der Waals surface area (Å²) in [5.41, 5.74) is 1.42. The molecule has 0 saturated carbocycles. The molecule has 0 atom stereocenters. The van der Waals surface area contributed by atoms with Crippen molar-refractivity contribution in [3.05, 3.63) is 66.2 Å². The quantitative estimate of drug-likeness (QED) is 0.338. The van der Waals surface area contributed by atoms with E-state index in [4.69, 9.17) is 4.74 Å². The van der Waals surface area contributed by atoms with Crippen molar-refractivity contribution in [3.8, 4) is 5.75 Å². The van der Waals surface area contributed by atoms with Crippen molar-refractivity contribution in [2.45, 2.75) is 6.61 Å². The van der Waals surface area contributed by atoms with Crippen LogP contribution in [0.5, 0.6) is 5.75 Å². The molecular formula is C17H11FI2N2O3. The van der Waals surface area contributed by atoms with E-state index >= 15 is 0 Å². The highest BCUT2D eigenvalue weighted by atomic mass is 127. The third-order valence-electron chi connectivity index (χ3n) is 3.38. The Morgan fingerprint density at radius 3 is 2.36 bits per heavy atom. The number of amides is 3. The average molecular weight is 564 g/mol. The SMILES string of the molecule is O=C1NC(=O)/C(=C\c2cc(I)c(OCc3ccccc3F)c(I)c2)N1. The van der Waals surface area contributed by atoms with Gasteiger partial charge in [0.2, 0.25) is 0 Å². The monoisotopic (exact) mass is 564 g/mol. The normalized spacial score (nSPS) is 15.2. The van der Waals surface area contributed by atoms with Gasteiger partial charge in [-0.2, -0.15) is 0 Å². The van der Waals surface area contributed by atoms with Crippen LogP contribution in [0.2, 0.25) is 0 Å². The summed E-state index contributed by atoms with van der Waals surface area (Å²) >= 11 is 4.24. The maximum Gasteiger partial charge on any atom is 0.326 e. The molecule has 2 N–H and O–H groups in total. The molecule has 0 aromatic heterocycles. The summed E-state index contributed by atoms with van der Waals surface area (Å²) in [6, 6.07) is 9.57. The second kappa shape index (κ2) is 7.68. The summed E-state index contributed by atoms with van der Waals surface area (Å²) in [4.78, 5) is 22.7. The van der Waals surface area contributed by atoms with E-state index in [1.54, 1.807) is 24.3 Å². The number of urea groups is 1. The number of hydrogen-bond donors (Lipinski definition) is 2. The van der Waals surface area contributed by atoms with E-state index in [0.29, 0.717) is 11.3 Å². The molecule has 1 saturated heterocycles. The van der Waals surface area contributed by atoms with Crippen LogP contribution in [0.1, 0.15) is 11.1 Å². The highest BCUT2D eigenvalue weighted by Gasteiger charge is 2.23. The molecule has 0 bridgehead atoms. The molecule has 8 heteroatoms. The molecule has 0 radical (unpaired) electrons. The Morgan fingerprint density at radius 1 is 1.08 bits per heavy atom. The van der Waals surface area contributed by atoms with Gasteiger partial charge in [0.25, 0.3) is 5.91 Å². The van der Waals surface area contributed by atoms with Crippen molar-refractivity contribution in [1.29, 1.82) is 0 Å². The minimum atomic E-state index is -0.537. The van der Waals surface area contributed by atoms with E-state index in [1.165, 1.54) is 6.07 Å². The molecule has 3 rings (SSSR count). The summed E-state index contributed by atoms with van der Waals surface area (Å²) in [5, 5.41) is 4.59. The van der Waals surface area contributed by atoms with Gasteiger partial charge >= 0.3 is 6.03 Å². The Balaban J connectivity index is 1.81. The number of ether oxygens (including phenoxy) is 1. The summed E-state index contributed by atoms with van der Waals surface area (Å²) in [7, 11) is 0. The van der Waals surface area contributed by atoms with Crippen LogP contribution >= 0.6 is 45.2 Å². The standard InChI is InChI=1S/C17H11FI2N2O3/c18-11-4-2-1-3-10(11)8-25-15-12(19)5-9(6-13(15)20)7-14-16(23)22-17(24)21-14/h1-7H,8H2,(H2,21,22,23,24)/b14-7+. The molecule has 1 fully saturated rings. The van der Waals surface area contributed by atoms with Crippen LogP contribution in [-0.4, -0.2) is 11.9 Å². The smallest absolute Gasteiger partial charge is 0.326 e. The van der Waals surface area contributed by atoms with Crippen LogP contribution in [0.3, 0.4) is 0 Å². The van der Waals surface area contributed by atoms with Gasteiger partial charge in [0.1, 0.15) is 23.9 Å². The number of carbonyl (C=O) groups is 2. The zero-order valence-electron chi connectivity index (χ0n) is 12.6. The van der Waals surface area contributed by atoms with E-state index in [9.17, 15) is 14.0 Å². The molecule has 128 valence electrons. The van der Waals surface area contributed by atoms with Gasteiger partial charge in [0.15, 0.2) is 0 Å². The first-order valence-electron chi connectivity index (χ1n) is 7.13. The molecule has 25 heavy (non-hydrogen) atoms. The van der Waals surface area contributed by atoms with E-state index in [0.717, 1.165) is 12.7 Å². The molecule has 2 aromatic carbocycles. The Kier molecular flexibility index (Phi) is 5.57. The highest BCUT2D eigenvalue weighted by molar-refractivity contribution is 14.1. The Hall–Kier alpha value is -1.69. The van der Waals surface area contributed by atoms with Crippen LogP contribution in [0, 0.1) is 13.0 Å². The number of hydrogen-bond acceptors (Lipinski definition) is 3. The van der Waals surface area contributed by atoms with Gasteiger partial charge in [-0.15, -0.1) is 0 Å². The fourth-order valence-electron chi connectivity index (χ4n) is 2.22. The van der Waals surface area contributed by atoms with Gasteiger partial charge in [-0.05, 0) is 75.0 Å². The molecule has 5 nitrogen and oxygen atoms in total. The number of rotatable bonds is 4. The third kappa shape index (κ3) is 4.29. The third-order valence-corrected chi connectivity index (χ3v) is 4.98. The van der Waals surface area contributed by atoms with Crippen molar-refractivity contribution < 1.29 is 18.7 Å². The lowest BCUT2D eigenvalue weighted by Gasteiger charge is -2.12. The lowest BCUT2D eigenvalue weighted by Crippen LogP contribution is -2.22. The second-order valence-electron chi connectivity index (χ2n) is 5.16. The summed E-state index contributed by atoms with van der Waals surface area (Å²) in [6.07, 6.45) is 1.59. The highest BCUT2D eigenvalue weighted by Crippen LogP contribution is 2.30. The summed E-state index contributed by atoms with van der Waals surface area (Å²) in [5.74, 6) is -0.127. The zero-order chi connectivity index (χ0) is 18.0. The Morgan fingerprint density at radius 2 is 1.76 bits per heavy atom. The topological polar surface area (TPSA) is 67.4 Å². The fourth-order valence-corrected chi connectivity index (χ4v) is 4.34. The first kappa shape index (κ1) is 18.1. The van der Waals surface area contributed by atoms with Crippen LogP contribution < -0.4 is 15.4 Å². The molecule has 0 unspecified atom stereocenters. The van der Waals surface area contributed by atoms with Crippen LogP contribution in [0.4, 0.5) is 9.18 Å². The number of nitrogens with one attached hydrogen (secondary N) is 2. The van der Waals surface area contributed by atoms with Gasteiger partial charge in [0, 0.05) is 5.56 Å². The largest absolute Gasteiger partial charge is 0.487 e. The zero-order valence-corrected chi connectivity index (χ0v) is 16.9. The predicted molar refractivity (Wildman–Crippen MR) is 107 cm³/mol. The van der Waals surface area contributed by atoms with E-state index in [2.05, 4.69) is 55.8 Å². The summed E-state index contributed by atoms with van der Waals surface area (Å²) < 4.78 is 21.1. The number of carbonyl (C=O) groups excluding carboxylic acids is 2. The minimum absolute atomic E-state index is 0.123. The van der Waals surface area contributed by atoms with Crippen molar-refractivity contribution in [1.82, 2.24) is 10.6 Å². The minimum Gasteiger partial charge on any atom is -0.487 e. The Labute approximate surface area is 170 Å². The lowest BCUT2D eigenvalue weighted by molar-refractivity contribution is -0.115. The molecule has 1 aliphatic rings. The van der Waals surface area contributed by atoms with Crippen LogP contribution in [0.25, 0.3) is 6.08 Å². The molecule has 1 heterocycles. The lowest BCUT2D eigenvalue weighted by atomic mass is 10.2. The van der Waals surface area contributed by atoms with Crippen molar-refractivity contribution in [2.24, 2.45) is 0 Å². The van der Waals surface area contributed by atoms with Crippen molar-refractivity contribution in [2.75, 3.05) is 0 Å². The maximum atomic E-state index is 13.7. The molecule has 0 spiro atoms. The van der Waals surface area contributed by atoms with Gasteiger partial charge in [-0.1, -0.05) is 18.2 Å². The molecular weight excluding hydrogens is 553 g/mol. The maximum absolute atomic E-state index is 13.7. The van der Waals surface area contributed by atoms with E-state index in [1.807, 2.05) is 12.1 Å². The van der Waals surface area contributed by atoms with Crippen molar-refractivity contribution in [3.63, 3.8) is 0 Å². The second-order valence-corrected chi connectivity index (χ2v) is 7.48. The van der Waals surface area contributed by atoms with Crippen LogP contribution in [0.15, 0.2) is 42.1 Å². The van der Waals surface area contributed by atoms with Crippen LogP contribution in [-0.2, 0) is 11.4 Å². The number of halogens is 3. The Bertz CT molecular complexity index is 876.